The van der Waals surface area contributed by atoms with Crippen molar-refractivity contribution in [2.45, 2.75) is 13.8 Å². The molecular weight excluding hydrogens is 684 g/mol. The quantitative estimate of drug-likeness (QED) is 0.108. The number of carbonyl (C=O) groups excluding carboxylic acids is 6. The summed E-state index contributed by atoms with van der Waals surface area (Å²) in [5, 5.41) is 0. The Labute approximate surface area is 308 Å². The Bertz CT molecular complexity index is 2560. The van der Waals surface area contributed by atoms with E-state index in [9.17, 15) is 28.8 Å². The number of nitrogens with zero attached hydrogens (tertiary/aromatic N) is 2. The summed E-state index contributed by atoms with van der Waals surface area (Å²) in [6.45, 7) is 3.43. The predicted octanol–water partition coefficient (Wildman–Crippen LogP) is 8.61. The molecule has 0 N–H and O–H groups in total. The minimum Gasteiger partial charge on any atom is -0.457 e. The Hall–Kier alpha value is -7.46. The molecule has 0 aromatic heterocycles. The van der Waals surface area contributed by atoms with E-state index < -0.39 is 23.6 Å². The molecule has 0 radical (unpaired) electrons. The van der Waals surface area contributed by atoms with Crippen molar-refractivity contribution in [1.82, 2.24) is 0 Å². The number of hydrogen-bond acceptors (Lipinski definition) is 8. The van der Waals surface area contributed by atoms with Gasteiger partial charge in [-0.25, -0.2) is 9.80 Å². The van der Waals surface area contributed by atoms with Crippen LogP contribution in [0.5, 0.6) is 23.0 Å². The summed E-state index contributed by atoms with van der Waals surface area (Å²) < 4.78 is 11.9. The van der Waals surface area contributed by atoms with E-state index in [1.165, 1.54) is 49.4 Å². The van der Waals surface area contributed by atoms with Crippen LogP contribution in [0.25, 0.3) is 0 Å². The van der Waals surface area contributed by atoms with Gasteiger partial charge < -0.3 is 9.47 Å². The van der Waals surface area contributed by atoms with Crippen LogP contribution in [0.1, 0.15) is 80.2 Å². The second kappa shape index (κ2) is 13.3. The number of aryl methyl sites for hydroxylation is 1. The van der Waals surface area contributed by atoms with Crippen LogP contribution in [-0.2, 0) is 0 Å². The molecule has 2 heterocycles. The molecule has 0 unspecified atom stereocenters. The largest absolute Gasteiger partial charge is 0.457 e. The van der Waals surface area contributed by atoms with Crippen LogP contribution in [0, 0.1) is 6.92 Å². The maximum absolute atomic E-state index is 13.6. The standard InChI is InChI=1S/C44H28N2O8/c1-25-3-15-32(16-4-25)53-34-19-21-36-38(23-34)43(51)45(41(36)49)30-11-13-31(14-12-30)46-42(50)37-22-20-35(24-39(37)44(46)52)54-33-17-9-29(10-18-33)40(48)28-7-5-27(6-8-28)26(2)47/h3-24H,1-2H3. The van der Waals surface area contributed by atoms with Gasteiger partial charge in [-0.05, 0) is 111 Å². The van der Waals surface area contributed by atoms with Crippen molar-refractivity contribution < 1.29 is 38.2 Å². The van der Waals surface area contributed by atoms with Gasteiger partial charge >= 0.3 is 0 Å². The van der Waals surface area contributed by atoms with Gasteiger partial charge in [0.05, 0.1) is 33.6 Å². The first kappa shape index (κ1) is 33.7. The average molecular weight is 713 g/mol. The van der Waals surface area contributed by atoms with Gasteiger partial charge in [-0.2, -0.15) is 0 Å². The number of ketones is 2. The van der Waals surface area contributed by atoms with Gasteiger partial charge in [0.25, 0.3) is 23.6 Å². The molecule has 0 saturated carbocycles. The second-order valence-corrected chi connectivity index (χ2v) is 12.8. The first-order valence-electron chi connectivity index (χ1n) is 16.9. The summed E-state index contributed by atoms with van der Waals surface area (Å²) in [6.07, 6.45) is 0. The van der Waals surface area contributed by atoms with Crippen molar-refractivity contribution in [3.8, 4) is 23.0 Å². The molecule has 262 valence electrons. The number of imide groups is 2. The highest BCUT2D eigenvalue weighted by atomic mass is 16.5. The fraction of sp³-hybridized carbons (Fsp3) is 0.0455. The third kappa shape index (κ3) is 6.01. The van der Waals surface area contributed by atoms with Crippen molar-refractivity contribution >= 4 is 46.6 Å². The van der Waals surface area contributed by atoms with Gasteiger partial charge in [0.2, 0.25) is 0 Å². The van der Waals surface area contributed by atoms with Gasteiger partial charge in [0.15, 0.2) is 11.6 Å². The number of carbonyl (C=O) groups is 6. The van der Waals surface area contributed by atoms with Crippen LogP contribution in [-0.4, -0.2) is 35.2 Å². The molecule has 54 heavy (non-hydrogen) atoms. The zero-order valence-corrected chi connectivity index (χ0v) is 28.9. The van der Waals surface area contributed by atoms with E-state index >= 15 is 0 Å². The highest BCUT2D eigenvalue weighted by Gasteiger charge is 2.39. The van der Waals surface area contributed by atoms with E-state index in [1.807, 2.05) is 31.2 Å². The molecule has 8 rings (SSSR count). The van der Waals surface area contributed by atoms with E-state index in [-0.39, 0.29) is 45.2 Å². The number of rotatable bonds is 9. The van der Waals surface area contributed by atoms with Crippen molar-refractivity contribution in [1.29, 1.82) is 0 Å². The summed E-state index contributed by atoms with van der Waals surface area (Å²) in [7, 11) is 0. The van der Waals surface area contributed by atoms with Crippen LogP contribution in [0.15, 0.2) is 133 Å². The molecule has 10 heteroatoms. The molecule has 10 nitrogen and oxygen atoms in total. The molecule has 6 aromatic rings. The maximum Gasteiger partial charge on any atom is 0.266 e. The Balaban J connectivity index is 0.950. The molecule has 0 aliphatic carbocycles. The number of amides is 4. The molecule has 2 aliphatic rings. The monoisotopic (exact) mass is 712 g/mol. The lowest BCUT2D eigenvalue weighted by atomic mass is 10.0. The summed E-state index contributed by atoms with van der Waals surface area (Å²) in [5.41, 5.74) is 3.77. The van der Waals surface area contributed by atoms with Gasteiger partial charge in [-0.15, -0.1) is 0 Å². The zero-order valence-electron chi connectivity index (χ0n) is 28.9. The summed E-state index contributed by atoms with van der Waals surface area (Å²) in [5.74, 6) is -0.693. The normalized spacial score (nSPS) is 13.2. The van der Waals surface area contributed by atoms with Crippen molar-refractivity contribution in [2.24, 2.45) is 0 Å². The highest BCUT2D eigenvalue weighted by molar-refractivity contribution is 6.36. The van der Waals surface area contributed by atoms with Gasteiger partial charge in [-0.1, -0.05) is 42.0 Å². The van der Waals surface area contributed by atoms with Crippen molar-refractivity contribution in [3.63, 3.8) is 0 Å². The lowest BCUT2D eigenvalue weighted by molar-refractivity contribution is 0.0909. The average Bonchev–Trinajstić information content (AvgIpc) is 3.58. The van der Waals surface area contributed by atoms with Crippen LogP contribution in [0.4, 0.5) is 11.4 Å². The number of hydrogen-bond donors (Lipinski definition) is 0. The molecule has 0 saturated heterocycles. The summed E-state index contributed by atoms with van der Waals surface area (Å²) in [4.78, 5) is 80.3. The lowest BCUT2D eigenvalue weighted by Crippen LogP contribution is -2.30. The van der Waals surface area contributed by atoms with E-state index in [4.69, 9.17) is 9.47 Å². The predicted molar refractivity (Wildman–Crippen MR) is 199 cm³/mol. The zero-order chi connectivity index (χ0) is 37.7. The lowest BCUT2D eigenvalue weighted by Gasteiger charge is -2.17. The Morgan fingerprint density at radius 2 is 0.778 bits per heavy atom. The van der Waals surface area contributed by atoms with Crippen molar-refractivity contribution in [3.05, 3.63) is 178 Å². The second-order valence-electron chi connectivity index (χ2n) is 12.8. The number of Topliss-reactive ketones (excluding diaryl/α,β-unsaturated/α-hetero) is 1. The van der Waals surface area contributed by atoms with Crippen LogP contribution >= 0.6 is 0 Å². The maximum atomic E-state index is 13.6. The van der Waals surface area contributed by atoms with Crippen LogP contribution in [0.2, 0.25) is 0 Å². The van der Waals surface area contributed by atoms with Crippen LogP contribution < -0.4 is 19.3 Å². The van der Waals surface area contributed by atoms with Gasteiger partial charge in [-0.3, -0.25) is 28.8 Å². The van der Waals surface area contributed by atoms with E-state index in [2.05, 4.69) is 0 Å². The molecule has 0 atom stereocenters. The molecule has 0 fully saturated rings. The first-order valence-corrected chi connectivity index (χ1v) is 16.9. The van der Waals surface area contributed by atoms with E-state index in [0.717, 1.165) is 15.4 Å². The van der Waals surface area contributed by atoms with Gasteiger partial charge in [0.1, 0.15) is 23.0 Å². The van der Waals surface area contributed by atoms with Crippen LogP contribution in [0.3, 0.4) is 0 Å². The van der Waals surface area contributed by atoms with Crippen molar-refractivity contribution in [2.75, 3.05) is 9.80 Å². The molecule has 0 bridgehead atoms. The fourth-order valence-electron chi connectivity index (χ4n) is 6.36. The third-order valence-corrected chi connectivity index (χ3v) is 9.24. The fourth-order valence-corrected chi connectivity index (χ4v) is 6.36. The highest BCUT2D eigenvalue weighted by Crippen LogP contribution is 2.36. The summed E-state index contributed by atoms with van der Waals surface area (Å²) >= 11 is 0. The Kier molecular flexibility index (Phi) is 8.27. The number of benzene rings is 6. The molecule has 4 amide bonds. The Morgan fingerprint density at radius 1 is 0.426 bits per heavy atom. The molecular formula is C44H28N2O8. The smallest absolute Gasteiger partial charge is 0.266 e. The molecule has 2 aliphatic heterocycles. The molecule has 0 spiro atoms. The number of fused-ring (bicyclic) bond motifs is 2. The topological polar surface area (TPSA) is 127 Å². The van der Waals surface area contributed by atoms with E-state index in [1.54, 1.807) is 66.7 Å². The number of anilines is 2. The summed E-state index contributed by atoms with van der Waals surface area (Å²) in [6, 6.07) is 35.7. The molecule has 6 aromatic carbocycles. The van der Waals surface area contributed by atoms with Gasteiger partial charge in [0, 0.05) is 16.7 Å². The van der Waals surface area contributed by atoms with E-state index in [0.29, 0.717) is 39.7 Å². The minimum absolute atomic E-state index is 0.0858. The minimum atomic E-state index is -0.563. The SMILES string of the molecule is CC(=O)c1ccc(C(=O)c2ccc(Oc3ccc4c(c3)C(=O)N(c3ccc(N5C(=O)c6ccc(Oc7ccc(C)cc7)cc6C5=O)cc3)C4=O)cc2)cc1. The number of ether oxygens (including phenoxy) is 2. The third-order valence-electron chi connectivity index (χ3n) is 9.24. The first-order chi connectivity index (χ1) is 26.0. The Morgan fingerprint density at radius 3 is 1.20 bits per heavy atom.